The molecule has 0 aromatic carbocycles. The molecular formula is C29H50N4O5S. The van der Waals surface area contributed by atoms with Crippen LogP contribution in [0.15, 0.2) is 12.2 Å². The van der Waals surface area contributed by atoms with Gasteiger partial charge in [-0.1, -0.05) is 26.0 Å². The van der Waals surface area contributed by atoms with Crippen LogP contribution >= 0.6 is 11.9 Å². The smallest absolute Gasteiger partial charge is 0.405 e. The summed E-state index contributed by atoms with van der Waals surface area (Å²) in [6.07, 6.45) is 13.8. The van der Waals surface area contributed by atoms with Gasteiger partial charge in [-0.2, -0.15) is 0 Å². The van der Waals surface area contributed by atoms with Crippen LogP contribution in [-0.2, 0) is 19.1 Å². The van der Waals surface area contributed by atoms with Gasteiger partial charge in [-0.25, -0.2) is 4.79 Å². The van der Waals surface area contributed by atoms with Gasteiger partial charge in [0.25, 0.3) is 0 Å². The number of amides is 4. The summed E-state index contributed by atoms with van der Waals surface area (Å²) in [4.78, 5) is 46.7. The van der Waals surface area contributed by atoms with Crippen LogP contribution in [0, 0.1) is 17.8 Å². The molecule has 4 aliphatic rings. The van der Waals surface area contributed by atoms with Gasteiger partial charge in [-0.3, -0.25) is 14.4 Å². The lowest BCUT2D eigenvalue weighted by Crippen LogP contribution is -2.47. The van der Waals surface area contributed by atoms with E-state index in [1.54, 1.807) is 20.8 Å². The second kappa shape index (κ2) is 15.0. The van der Waals surface area contributed by atoms with Crippen molar-refractivity contribution < 1.29 is 23.9 Å². The number of nitrogens with two attached hydrogens (primary N) is 1. The molecule has 222 valence electrons. The van der Waals surface area contributed by atoms with E-state index in [1.807, 2.05) is 4.90 Å². The average molecular weight is 567 g/mol. The fourth-order valence-corrected chi connectivity index (χ4v) is 5.55. The second-order valence-corrected chi connectivity index (χ2v) is 14.2. The van der Waals surface area contributed by atoms with Crippen LogP contribution in [0.4, 0.5) is 4.79 Å². The lowest BCUT2D eigenvalue weighted by atomic mass is 9.91. The third-order valence-corrected chi connectivity index (χ3v) is 8.41. The van der Waals surface area contributed by atoms with Crippen LogP contribution < -0.4 is 15.8 Å². The van der Waals surface area contributed by atoms with E-state index < -0.39 is 11.7 Å². The SMILES string of the molecule is CC(C)(C)OC(N)=O.CC1(SNC=O)CC1.CC1CC/C=C\[C@@H]2CC2NC(=O)C2CCCN2C(=O)CC(C)C1. The Hall–Kier alpha value is -2.23. The van der Waals surface area contributed by atoms with E-state index in [1.165, 1.54) is 31.2 Å². The summed E-state index contributed by atoms with van der Waals surface area (Å²) in [5.74, 6) is 1.78. The van der Waals surface area contributed by atoms with Crippen LogP contribution in [0.25, 0.3) is 0 Å². The zero-order valence-corrected chi connectivity index (χ0v) is 25.5. The van der Waals surface area contributed by atoms with Crippen molar-refractivity contribution in [1.82, 2.24) is 14.9 Å². The van der Waals surface area contributed by atoms with E-state index in [4.69, 9.17) is 5.73 Å². The molecule has 5 atom stereocenters. The molecule has 2 aliphatic heterocycles. The van der Waals surface area contributed by atoms with Crippen molar-refractivity contribution in [2.24, 2.45) is 23.5 Å². The van der Waals surface area contributed by atoms with E-state index >= 15 is 0 Å². The minimum absolute atomic E-state index is 0.0626. The zero-order chi connectivity index (χ0) is 29.2. The maximum Gasteiger partial charge on any atom is 0.405 e. The van der Waals surface area contributed by atoms with Gasteiger partial charge in [-0.05, 0) is 109 Å². The predicted molar refractivity (Wildman–Crippen MR) is 156 cm³/mol. The monoisotopic (exact) mass is 566 g/mol. The summed E-state index contributed by atoms with van der Waals surface area (Å²) in [5.41, 5.74) is 4.26. The molecule has 4 amide bonds. The van der Waals surface area contributed by atoms with E-state index in [0.29, 0.717) is 28.9 Å². The van der Waals surface area contributed by atoms with Crippen molar-refractivity contribution in [3.8, 4) is 0 Å². The number of primary amides is 1. The second-order valence-electron chi connectivity index (χ2n) is 12.7. The van der Waals surface area contributed by atoms with Crippen molar-refractivity contribution in [3.05, 3.63) is 12.2 Å². The average Bonchev–Trinajstić information content (AvgIpc) is 3.68. The third kappa shape index (κ3) is 13.1. The Morgan fingerprint density at radius 1 is 1.21 bits per heavy atom. The fourth-order valence-electron chi connectivity index (χ4n) is 4.91. The summed E-state index contributed by atoms with van der Waals surface area (Å²) in [7, 11) is 0. The molecule has 0 aromatic heterocycles. The number of allylic oxidation sites excluding steroid dienone is 1. The molecule has 4 rings (SSSR count). The highest BCUT2D eigenvalue weighted by molar-refractivity contribution is 7.99. The Bertz CT molecular complexity index is 870. The van der Waals surface area contributed by atoms with Gasteiger partial charge in [0.1, 0.15) is 11.6 Å². The molecule has 39 heavy (non-hydrogen) atoms. The lowest BCUT2D eigenvalue weighted by Gasteiger charge is -2.26. The normalized spacial score (nSPS) is 30.6. The van der Waals surface area contributed by atoms with Gasteiger partial charge in [-0.15, -0.1) is 0 Å². The van der Waals surface area contributed by atoms with Crippen molar-refractivity contribution >= 4 is 36.3 Å². The third-order valence-electron chi connectivity index (χ3n) is 7.29. The predicted octanol–water partition coefficient (Wildman–Crippen LogP) is 4.70. The van der Waals surface area contributed by atoms with E-state index in [-0.39, 0.29) is 23.9 Å². The lowest BCUT2D eigenvalue weighted by molar-refractivity contribution is -0.139. The van der Waals surface area contributed by atoms with Gasteiger partial charge in [0.2, 0.25) is 18.2 Å². The first kappa shape index (κ1) is 33.0. The van der Waals surface area contributed by atoms with E-state index in [2.05, 4.69) is 47.7 Å². The van der Waals surface area contributed by atoms with Crippen molar-refractivity contribution in [1.29, 1.82) is 0 Å². The van der Waals surface area contributed by atoms with Crippen LogP contribution in [-0.4, -0.2) is 58.2 Å². The number of nitrogens with zero attached hydrogens (tertiary/aromatic N) is 1. The molecule has 10 heteroatoms. The number of carbonyl (C=O) groups is 4. The summed E-state index contributed by atoms with van der Waals surface area (Å²) in [5, 5.41) is 3.15. The number of hydrogen-bond acceptors (Lipinski definition) is 6. The highest BCUT2D eigenvalue weighted by Gasteiger charge is 2.41. The van der Waals surface area contributed by atoms with Gasteiger partial charge in [0.05, 0.1) is 0 Å². The topological polar surface area (TPSA) is 131 Å². The molecular weight excluding hydrogens is 516 g/mol. The quantitative estimate of drug-likeness (QED) is 0.258. The number of nitrogens with one attached hydrogen (secondary N) is 2. The largest absolute Gasteiger partial charge is 0.444 e. The Morgan fingerprint density at radius 2 is 1.90 bits per heavy atom. The molecule has 2 heterocycles. The van der Waals surface area contributed by atoms with Crippen molar-refractivity contribution in [2.45, 2.75) is 122 Å². The Labute approximate surface area is 238 Å². The summed E-state index contributed by atoms with van der Waals surface area (Å²) in [6.45, 7) is 12.6. The molecule has 0 radical (unpaired) electrons. The molecule has 4 unspecified atom stereocenters. The van der Waals surface area contributed by atoms with Crippen molar-refractivity contribution in [3.63, 3.8) is 0 Å². The molecule has 0 aromatic rings. The van der Waals surface area contributed by atoms with Gasteiger partial charge in [0.15, 0.2) is 0 Å². The van der Waals surface area contributed by atoms with Crippen LogP contribution in [0.2, 0.25) is 0 Å². The highest BCUT2D eigenvalue weighted by atomic mass is 32.2. The maximum absolute atomic E-state index is 12.6. The molecule has 1 saturated heterocycles. The first-order valence-corrected chi connectivity index (χ1v) is 15.2. The number of rotatable bonds is 3. The van der Waals surface area contributed by atoms with E-state index in [0.717, 1.165) is 45.1 Å². The van der Waals surface area contributed by atoms with Crippen LogP contribution in [0.5, 0.6) is 0 Å². The minimum atomic E-state index is -0.725. The maximum atomic E-state index is 12.6. The van der Waals surface area contributed by atoms with E-state index in [9.17, 15) is 19.2 Å². The Balaban J connectivity index is 0.000000273. The molecule has 0 spiro atoms. The van der Waals surface area contributed by atoms with Crippen LogP contribution in [0.1, 0.15) is 99.3 Å². The summed E-state index contributed by atoms with van der Waals surface area (Å²) in [6, 6.07) is 0.0558. The highest BCUT2D eigenvalue weighted by Crippen LogP contribution is 2.45. The van der Waals surface area contributed by atoms with Gasteiger partial charge in [0, 0.05) is 23.8 Å². The fraction of sp³-hybridized carbons (Fsp3) is 0.793. The van der Waals surface area contributed by atoms with Gasteiger partial charge >= 0.3 is 6.09 Å². The molecule has 0 bridgehead atoms. The first-order valence-electron chi connectivity index (χ1n) is 14.3. The number of carbonyl (C=O) groups excluding carboxylic acids is 4. The minimum Gasteiger partial charge on any atom is -0.444 e. The number of hydrogen-bond donors (Lipinski definition) is 3. The summed E-state index contributed by atoms with van der Waals surface area (Å²) < 4.78 is 7.54. The molecule has 2 aliphatic carbocycles. The standard InChI is InChI=1S/C19H30N2O2.C5H11NO2.C5H9NOS/c1-13-6-3-4-7-15-12-16(15)20-19(23)17-8-5-9-21(17)18(22)11-14(2)10-13;1-5(2,3)8-4(6)7;1-5(2-3-5)8-6-4-7/h4,7,13-17H,3,5-6,8-12H2,1-2H3,(H,20,23);1-3H3,(H2,6,7);4H,2-3H2,1H3,(H,6,7)/b7-4-;;/t13?,14?,15-,16?,17?;;/m1../s1. The number of ether oxygens (including phenoxy) is 1. The molecule has 3 fully saturated rings. The van der Waals surface area contributed by atoms with Crippen molar-refractivity contribution in [2.75, 3.05) is 6.54 Å². The zero-order valence-electron chi connectivity index (χ0n) is 24.7. The first-order chi connectivity index (χ1) is 18.2. The Morgan fingerprint density at radius 3 is 2.46 bits per heavy atom. The molecule has 9 nitrogen and oxygen atoms in total. The summed E-state index contributed by atoms with van der Waals surface area (Å²) >= 11 is 1.53. The molecule has 2 saturated carbocycles. The van der Waals surface area contributed by atoms with Crippen LogP contribution in [0.3, 0.4) is 0 Å². The molecule has 4 N–H and O–H groups in total. The Kier molecular flexibility index (Phi) is 12.6. The van der Waals surface area contributed by atoms with Gasteiger partial charge < -0.3 is 25.4 Å². The number of fused-ring (bicyclic) bond motifs is 2.